The van der Waals surface area contributed by atoms with Gasteiger partial charge < -0.3 is 5.11 Å². The number of hydrogen-bond donors (Lipinski definition) is 1. The molecule has 5 heteroatoms. The highest BCUT2D eigenvalue weighted by atomic mass is 32.2. The quantitative estimate of drug-likeness (QED) is 0.849. The van der Waals surface area contributed by atoms with E-state index in [9.17, 15) is 13.2 Å². The Balaban J connectivity index is 3.18. The van der Waals surface area contributed by atoms with Gasteiger partial charge in [-0.3, -0.25) is 4.79 Å². The molecule has 4 nitrogen and oxygen atoms in total. The van der Waals surface area contributed by atoms with E-state index in [-0.39, 0.29) is 17.1 Å². The Labute approximate surface area is 94.8 Å². The fraction of sp³-hybridized carbons (Fsp3) is 0.364. The van der Waals surface area contributed by atoms with Crippen LogP contribution in [-0.2, 0) is 21.1 Å². The van der Waals surface area contributed by atoms with Gasteiger partial charge in [0.25, 0.3) is 0 Å². The Bertz CT molecular complexity index is 477. The maximum absolute atomic E-state index is 11.8. The standard InChI is InChI=1S/C11H14O4S/c1-2-7-16(14,15)10-6-4-3-5-9(10)8-11(12)13/h3-6H,2,7-8H2,1H3,(H,12,13). The van der Waals surface area contributed by atoms with Gasteiger partial charge in [-0.25, -0.2) is 8.42 Å². The van der Waals surface area contributed by atoms with Crippen LogP contribution in [0.15, 0.2) is 29.2 Å². The Kier molecular flexibility index (Phi) is 4.06. The molecule has 0 fully saturated rings. The summed E-state index contributed by atoms with van der Waals surface area (Å²) in [5.41, 5.74) is 0.350. The van der Waals surface area contributed by atoms with E-state index in [0.29, 0.717) is 12.0 Å². The topological polar surface area (TPSA) is 71.4 Å². The average Bonchev–Trinajstić information content (AvgIpc) is 2.17. The highest BCUT2D eigenvalue weighted by Gasteiger charge is 2.18. The molecule has 0 aromatic heterocycles. The molecule has 0 bridgehead atoms. The molecule has 1 aromatic rings. The molecular weight excluding hydrogens is 228 g/mol. The number of sulfone groups is 1. The minimum atomic E-state index is -3.35. The predicted molar refractivity (Wildman–Crippen MR) is 60.1 cm³/mol. The zero-order chi connectivity index (χ0) is 12.2. The Morgan fingerprint density at radius 2 is 1.94 bits per heavy atom. The van der Waals surface area contributed by atoms with Crippen LogP contribution in [-0.4, -0.2) is 25.2 Å². The summed E-state index contributed by atoms with van der Waals surface area (Å²) in [5, 5.41) is 8.69. The van der Waals surface area contributed by atoms with Crippen LogP contribution in [0.3, 0.4) is 0 Å². The summed E-state index contributed by atoms with van der Waals surface area (Å²) in [6.07, 6.45) is 0.253. The minimum Gasteiger partial charge on any atom is -0.481 e. The molecule has 0 atom stereocenters. The fourth-order valence-corrected chi connectivity index (χ4v) is 3.08. The van der Waals surface area contributed by atoms with Crippen LogP contribution in [0.2, 0.25) is 0 Å². The van der Waals surface area contributed by atoms with Crippen LogP contribution in [0.25, 0.3) is 0 Å². The number of benzene rings is 1. The second-order valence-electron chi connectivity index (χ2n) is 3.50. The largest absolute Gasteiger partial charge is 0.481 e. The summed E-state index contributed by atoms with van der Waals surface area (Å²) in [6, 6.07) is 6.25. The first-order valence-corrected chi connectivity index (χ1v) is 6.65. The maximum Gasteiger partial charge on any atom is 0.307 e. The third-order valence-electron chi connectivity index (χ3n) is 2.12. The first-order valence-electron chi connectivity index (χ1n) is 5.00. The average molecular weight is 242 g/mol. The molecule has 0 aliphatic rings. The lowest BCUT2D eigenvalue weighted by Crippen LogP contribution is -2.11. The molecule has 1 aromatic carbocycles. The van der Waals surface area contributed by atoms with Crippen molar-refractivity contribution in [3.8, 4) is 0 Å². The first-order chi connectivity index (χ1) is 7.47. The third-order valence-corrected chi connectivity index (χ3v) is 4.14. The smallest absolute Gasteiger partial charge is 0.307 e. The van der Waals surface area contributed by atoms with Crippen molar-refractivity contribution in [3.05, 3.63) is 29.8 Å². The van der Waals surface area contributed by atoms with Gasteiger partial charge in [-0.05, 0) is 18.1 Å². The Hall–Kier alpha value is -1.36. The van der Waals surface area contributed by atoms with E-state index in [0.717, 1.165) is 0 Å². The number of aliphatic carboxylic acids is 1. The lowest BCUT2D eigenvalue weighted by atomic mass is 10.1. The monoisotopic (exact) mass is 242 g/mol. The molecule has 0 heterocycles. The van der Waals surface area contributed by atoms with Crippen molar-refractivity contribution in [2.75, 3.05) is 5.75 Å². The van der Waals surface area contributed by atoms with Crippen molar-refractivity contribution in [1.82, 2.24) is 0 Å². The Morgan fingerprint density at radius 3 is 2.50 bits per heavy atom. The summed E-state index contributed by atoms with van der Waals surface area (Å²) in [7, 11) is -3.35. The van der Waals surface area contributed by atoms with Gasteiger partial charge in [0.15, 0.2) is 9.84 Å². The van der Waals surface area contributed by atoms with Crippen molar-refractivity contribution in [2.24, 2.45) is 0 Å². The number of hydrogen-bond acceptors (Lipinski definition) is 3. The SMILES string of the molecule is CCCS(=O)(=O)c1ccccc1CC(=O)O. The lowest BCUT2D eigenvalue weighted by Gasteiger charge is -2.07. The van der Waals surface area contributed by atoms with Gasteiger partial charge in [0, 0.05) is 0 Å². The first kappa shape index (κ1) is 12.7. The van der Waals surface area contributed by atoms with Crippen LogP contribution in [0.1, 0.15) is 18.9 Å². The van der Waals surface area contributed by atoms with Gasteiger partial charge in [0.05, 0.1) is 17.1 Å². The second kappa shape index (κ2) is 5.12. The van der Waals surface area contributed by atoms with Gasteiger partial charge in [-0.2, -0.15) is 0 Å². The van der Waals surface area contributed by atoms with Gasteiger partial charge in [0.1, 0.15) is 0 Å². The van der Waals surface area contributed by atoms with E-state index in [1.54, 1.807) is 19.1 Å². The van der Waals surface area contributed by atoms with Crippen molar-refractivity contribution < 1.29 is 18.3 Å². The minimum absolute atomic E-state index is 0.0453. The van der Waals surface area contributed by atoms with Crippen molar-refractivity contribution in [2.45, 2.75) is 24.7 Å². The molecule has 1 rings (SSSR count). The van der Waals surface area contributed by atoms with E-state index in [1.807, 2.05) is 0 Å². The highest BCUT2D eigenvalue weighted by molar-refractivity contribution is 7.91. The molecule has 0 saturated carbocycles. The number of rotatable bonds is 5. The van der Waals surface area contributed by atoms with E-state index in [2.05, 4.69) is 0 Å². The molecular formula is C11H14O4S. The molecule has 0 unspecified atom stereocenters. The summed E-state index contributed by atoms with van der Waals surface area (Å²) in [5.74, 6) is -0.983. The normalized spacial score (nSPS) is 11.3. The predicted octanol–water partition coefficient (Wildman–Crippen LogP) is 1.50. The Morgan fingerprint density at radius 1 is 1.31 bits per heavy atom. The van der Waals surface area contributed by atoms with Crippen LogP contribution in [0.4, 0.5) is 0 Å². The van der Waals surface area contributed by atoms with Crippen molar-refractivity contribution in [3.63, 3.8) is 0 Å². The van der Waals surface area contributed by atoms with Gasteiger partial charge in [-0.1, -0.05) is 25.1 Å². The van der Waals surface area contributed by atoms with Crippen LogP contribution >= 0.6 is 0 Å². The van der Waals surface area contributed by atoms with E-state index < -0.39 is 15.8 Å². The summed E-state index contributed by atoms with van der Waals surface area (Å²) in [4.78, 5) is 10.7. The molecule has 88 valence electrons. The zero-order valence-electron chi connectivity index (χ0n) is 9.01. The van der Waals surface area contributed by atoms with Gasteiger partial charge in [-0.15, -0.1) is 0 Å². The number of carbonyl (C=O) groups is 1. The second-order valence-corrected chi connectivity index (χ2v) is 5.57. The van der Waals surface area contributed by atoms with E-state index in [4.69, 9.17) is 5.11 Å². The number of carboxylic acids is 1. The van der Waals surface area contributed by atoms with Crippen LogP contribution in [0.5, 0.6) is 0 Å². The maximum atomic E-state index is 11.8. The molecule has 0 amide bonds. The van der Waals surface area contributed by atoms with E-state index >= 15 is 0 Å². The molecule has 1 N–H and O–H groups in total. The van der Waals surface area contributed by atoms with Gasteiger partial charge in [0.2, 0.25) is 0 Å². The number of carboxylic acid groups (broad SMARTS) is 1. The van der Waals surface area contributed by atoms with Crippen LogP contribution in [0, 0.1) is 0 Å². The van der Waals surface area contributed by atoms with Crippen molar-refractivity contribution in [1.29, 1.82) is 0 Å². The molecule has 16 heavy (non-hydrogen) atoms. The molecule has 0 spiro atoms. The lowest BCUT2D eigenvalue weighted by molar-refractivity contribution is -0.136. The highest BCUT2D eigenvalue weighted by Crippen LogP contribution is 2.18. The van der Waals surface area contributed by atoms with E-state index in [1.165, 1.54) is 12.1 Å². The fourth-order valence-electron chi connectivity index (χ4n) is 1.49. The molecule has 0 aliphatic carbocycles. The van der Waals surface area contributed by atoms with Crippen molar-refractivity contribution >= 4 is 15.8 Å². The summed E-state index contributed by atoms with van der Waals surface area (Å²) in [6.45, 7) is 1.78. The summed E-state index contributed by atoms with van der Waals surface area (Å²) < 4.78 is 23.7. The van der Waals surface area contributed by atoms with Gasteiger partial charge >= 0.3 is 5.97 Å². The summed E-state index contributed by atoms with van der Waals surface area (Å²) >= 11 is 0. The molecule has 0 saturated heterocycles. The molecule has 0 radical (unpaired) electrons. The van der Waals surface area contributed by atoms with Crippen LogP contribution < -0.4 is 0 Å². The molecule has 0 aliphatic heterocycles. The third kappa shape index (κ3) is 3.06. The zero-order valence-corrected chi connectivity index (χ0v) is 9.83.